The van der Waals surface area contributed by atoms with E-state index in [0.29, 0.717) is 25.4 Å². The molecule has 8 heteroatoms. The molecule has 1 unspecified atom stereocenters. The SMILES string of the molecule is CN=C(NCc1ccnc(OC2CCC(C)CC2)c1)NC1CCC(=O)N(C)C1.I. The van der Waals surface area contributed by atoms with E-state index in [1.165, 1.54) is 12.8 Å². The van der Waals surface area contributed by atoms with Gasteiger partial charge in [-0.3, -0.25) is 9.79 Å². The lowest BCUT2D eigenvalue weighted by atomic mass is 9.89. The molecule has 1 saturated carbocycles. The predicted octanol–water partition coefficient (Wildman–Crippen LogP) is 2.94. The summed E-state index contributed by atoms with van der Waals surface area (Å²) in [6, 6.07) is 4.22. The smallest absolute Gasteiger partial charge is 0.222 e. The average molecular weight is 515 g/mol. The van der Waals surface area contributed by atoms with Gasteiger partial charge in [-0.05, 0) is 49.7 Å². The van der Waals surface area contributed by atoms with Gasteiger partial charge in [0.1, 0.15) is 6.10 Å². The number of pyridine rings is 1. The van der Waals surface area contributed by atoms with Crippen LogP contribution in [0.1, 0.15) is 51.0 Å². The van der Waals surface area contributed by atoms with E-state index in [4.69, 9.17) is 4.74 Å². The first-order valence-corrected chi connectivity index (χ1v) is 10.4. The van der Waals surface area contributed by atoms with Gasteiger partial charge in [0.15, 0.2) is 5.96 Å². The Bertz CT molecular complexity index is 691. The molecular formula is C21H34IN5O2. The van der Waals surface area contributed by atoms with Crippen LogP contribution in [0.3, 0.4) is 0 Å². The first kappa shape index (κ1) is 23.7. The van der Waals surface area contributed by atoms with Crippen molar-refractivity contribution in [1.29, 1.82) is 0 Å². The predicted molar refractivity (Wildman–Crippen MR) is 126 cm³/mol. The summed E-state index contributed by atoms with van der Waals surface area (Å²) in [7, 11) is 3.61. The molecule has 2 heterocycles. The fourth-order valence-corrected chi connectivity index (χ4v) is 3.85. The lowest BCUT2D eigenvalue weighted by Crippen LogP contribution is -2.51. The Morgan fingerprint density at radius 2 is 2.07 bits per heavy atom. The summed E-state index contributed by atoms with van der Waals surface area (Å²) in [6.45, 7) is 3.65. The monoisotopic (exact) mass is 515 g/mol. The highest BCUT2D eigenvalue weighted by molar-refractivity contribution is 14.0. The van der Waals surface area contributed by atoms with Gasteiger partial charge in [0.25, 0.3) is 0 Å². The van der Waals surface area contributed by atoms with Gasteiger partial charge < -0.3 is 20.3 Å². The van der Waals surface area contributed by atoms with Crippen LogP contribution in [0.4, 0.5) is 0 Å². The number of rotatable bonds is 5. The van der Waals surface area contributed by atoms with Crippen LogP contribution in [0.2, 0.25) is 0 Å². The van der Waals surface area contributed by atoms with E-state index in [-0.39, 0.29) is 42.0 Å². The third-order valence-corrected chi connectivity index (χ3v) is 5.70. The van der Waals surface area contributed by atoms with Gasteiger partial charge in [-0.1, -0.05) is 6.92 Å². The number of likely N-dealkylation sites (N-methyl/N-ethyl adjacent to an activating group) is 1. The summed E-state index contributed by atoms with van der Waals surface area (Å²) in [5.74, 6) is 2.46. The molecule has 2 aliphatic rings. The summed E-state index contributed by atoms with van der Waals surface area (Å²) in [5.41, 5.74) is 1.10. The number of carbonyl (C=O) groups excluding carboxylic acids is 1. The summed E-state index contributed by atoms with van der Waals surface area (Å²) < 4.78 is 6.10. The highest BCUT2D eigenvalue weighted by Gasteiger charge is 2.23. The van der Waals surface area contributed by atoms with Crippen molar-refractivity contribution < 1.29 is 9.53 Å². The molecule has 0 spiro atoms. The average Bonchev–Trinajstić information content (AvgIpc) is 2.70. The molecule has 2 N–H and O–H groups in total. The molecule has 0 radical (unpaired) electrons. The number of guanidine groups is 1. The lowest BCUT2D eigenvalue weighted by Gasteiger charge is -2.31. The van der Waals surface area contributed by atoms with E-state index in [1.807, 2.05) is 19.2 Å². The van der Waals surface area contributed by atoms with Gasteiger partial charge in [-0.15, -0.1) is 24.0 Å². The van der Waals surface area contributed by atoms with E-state index in [1.54, 1.807) is 18.1 Å². The third-order valence-electron chi connectivity index (χ3n) is 5.70. The normalized spacial score (nSPS) is 25.2. The number of nitrogens with zero attached hydrogens (tertiary/aromatic N) is 3. The van der Waals surface area contributed by atoms with E-state index < -0.39 is 0 Å². The van der Waals surface area contributed by atoms with Crippen LogP contribution in [-0.4, -0.2) is 54.5 Å². The zero-order valence-electron chi connectivity index (χ0n) is 17.7. The molecule has 2 fully saturated rings. The third kappa shape index (κ3) is 7.31. The number of piperidine rings is 1. The summed E-state index contributed by atoms with van der Waals surface area (Å²) in [4.78, 5) is 22.1. The quantitative estimate of drug-likeness (QED) is 0.358. The van der Waals surface area contributed by atoms with Crippen molar-refractivity contribution in [1.82, 2.24) is 20.5 Å². The van der Waals surface area contributed by atoms with Crippen LogP contribution in [0.15, 0.2) is 23.3 Å². The highest BCUT2D eigenvalue weighted by Crippen LogP contribution is 2.26. The minimum atomic E-state index is 0. The molecule has 1 amide bonds. The highest BCUT2D eigenvalue weighted by atomic mass is 127. The number of carbonyl (C=O) groups is 1. The molecule has 1 aromatic rings. The van der Waals surface area contributed by atoms with Crippen LogP contribution in [0.5, 0.6) is 5.88 Å². The van der Waals surface area contributed by atoms with Gasteiger partial charge >= 0.3 is 0 Å². The van der Waals surface area contributed by atoms with Gasteiger partial charge in [0, 0.05) is 51.9 Å². The van der Waals surface area contributed by atoms with Crippen LogP contribution in [-0.2, 0) is 11.3 Å². The standard InChI is InChI=1S/C21H33N5O2.HI/c1-15-4-7-18(8-5-15)28-19-12-16(10-11-23-19)13-24-21(22-2)25-17-6-9-20(27)26(3)14-17;/h10-12,15,17-18H,4-9,13-14H2,1-3H3,(H2,22,24,25);1H. The Morgan fingerprint density at radius 1 is 1.31 bits per heavy atom. The van der Waals surface area contributed by atoms with Gasteiger partial charge in [0.05, 0.1) is 0 Å². The first-order valence-electron chi connectivity index (χ1n) is 10.4. The number of amides is 1. The molecule has 162 valence electrons. The van der Waals surface area contributed by atoms with Crippen molar-refractivity contribution >= 4 is 35.8 Å². The summed E-state index contributed by atoms with van der Waals surface area (Å²) >= 11 is 0. The topological polar surface area (TPSA) is 78.9 Å². The van der Waals surface area contributed by atoms with E-state index in [0.717, 1.165) is 36.7 Å². The zero-order chi connectivity index (χ0) is 19.9. The Balaban J connectivity index is 0.00000300. The van der Waals surface area contributed by atoms with Gasteiger partial charge in [0.2, 0.25) is 11.8 Å². The minimum absolute atomic E-state index is 0. The molecule has 0 aromatic carbocycles. The second-order valence-electron chi connectivity index (χ2n) is 8.08. The number of ether oxygens (including phenoxy) is 1. The maximum atomic E-state index is 11.6. The van der Waals surface area contributed by atoms with Crippen LogP contribution >= 0.6 is 24.0 Å². The van der Waals surface area contributed by atoms with Crippen LogP contribution in [0, 0.1) is 5.92 Å². The van der Waals surface area contributed by atoms with Crippen molar-refractivity contribution in [2.24, 2.45) is 10.9 Å². The molecule has 0 bridgehead atoms. The number of hydrogen-bond donors (Lipinski definition) is 2. The molecule has 1 aliphatic heterocycles. The molecule has 1 aliphatic carbocycles. The van der Waals surface area contributed by atoms with Gasteiger partial charge in [-0.2, -0.15) is 0 Å². The first-order chi connectivity index (χ1) is 13.5. The second-order valence-corrected chi connectivity index (χ2v) is 8.08. The van der Waals surface area contributed by atoms with Gasteiger partial charge in [-0.25, -0.2) is 4.98 Å². The minimum Gasteiger partial charge on any atom is -0.474 e. The van der Waals surface area contributed by atoms with E-state index >= 15 is 0 Å². The number of aliphatic imine (C=N–C) groups is 1. The van der Waals surface area contributed by atoms with E-state index in [9.17, 15) is 4.79 Å². The largest absolute Gasteiger partial charge is 0.474 e. The molecular weight excluding hydrogens is 481 g/mol. The fourth-order valence-electron chi connectivity index (χ4n) is 3.85. The summed E-state index contributed by atoms with van der Waals surface area (Å²) in [5, 5.41) is 6.76. The molecule has 1 saturated heterocycles. The van der Waals surface area contributed by atoms with E-state index in [2.05, 4.69) is 27.5 Å². The van der Waals surface area contributed by atoms with Crippen molar-refractivity contribution in [3.8, 4) is 5.88 Å². The van der Waals surface area contributed by atoms with Crippen molar-refractivity contribution in [2.45, 2.75) is 64.1 Å². The maximum Gasteiger partial charge on any atom is 0.222 e. The number of hydrogen-bond acceptors (Lipinski definition) is 4. The summed E-state index contributed by atoms with van der Waals surface area (Å²) in [6.07, 6.45) is 8.18. The van der Waals surface area contributed by atoms with Crippen molar-refractivity contribution in [3.05, 3.63) is 23.9 Å². The van der Waals surface area contributed by atoms with Crippen LogP contribution < -0.4 is 15.4 Å². The van der Waals surface area contributed by atoms with Crippen molar-refractivity contribution in [3.63, 3.8) is 0 Å². The maximum absolute atomic E-state index is 11.6. The Labute approximate surface area is 191 Å². The zero-order valence-corrected chi connectivity index (χ0v) is 20.0. The number of halogens is 1. The molecule has 29 heavy (non-hydrogen) atoms. The second kappa shape index (κ2) is 11.6. The fraction of sp³-hybridized carbons (Fsp3) is 0.667. The Morgan fingerprint density at radius 3 is 2.76 bits per heavy atom. The van der Waals surface area contributed by atoms with Crippen LogP contribution in [0.25, 0.3) is 0 Å². The molecule has 7 nitrogen and oxygen atoms in total. The lowest BCUT2D eigenvalue weighted by molar-refractivity contribution is -0.132. The molecule has 3 rings (SSSR count). The number of likely N-dealkylation sites (tertiary alicyclic amines) is 1. The number of nitrogens with one attached hydrogen (secondary N) is 2. The van der Waals surface area contributed by atoms with Crippen molar-refractivity contribution in [2.75, 3.05) is 20.6 Å². The Kier molecular flexibility index (Phi) is 9.45. The Hall–Kier alpha value is -1.58. The molecule has 1 aromatic heterocycles. The number of aromatic nitrogens is 1. The molecule has 1 atom stereocenters.